The zero-order valence-electron chi connectivity index (χ0n) is 14.6. The van der Waals surface area contributed by atoms with E-state index in [0.29, 0.717) is 26.2 Å². The Morgan fingerprint density at radius 1 is 1.35 bits per heavy atom. The number of rotatable bonds is 3. The average molecular weight is 322 g/mol. The average Bonchev–Trinajstić information content (AvgIpc) is 2.46. The van der Waals surface area contributed by atoms with Crippen molar-refractivity contribution in [2.75, 3.05) is 31.6 Å². The third-order valence-electron chi connectivity index (χ3n) is 3.57. The maximum atomic E-state index is 12.2. The molecule has 1 saturated heterocycles. The summed E-state index contributed by atoms with van der Waals surface area (Å²) in [5.41, 5.74) is 0.373. The summed E-state index contributed by atoms with van der Waals surface area (Å²) >= 11 is 0. The van der Waals surface area contributed by atoms with Gasteiger partial charge >= 0.3 is 6.09 Å². The van der Waals surface area contributed by atoms with Gasteiger partial charge in [0.05, 0.1) is 12.3 Å². The van der Waals surface area contributed by atoms with Crippen molar-refractivity contribution in [3.05, 3.63) is 18.1 Å². The van der Waals surface area contributed by atoms with Crippen LogP contribution in [0.3, 0.4) is 0 Å². The van der Waals surface area contributed by atoms with Gasteiger partial charge in [0.1, 0.15) is 17.7 Å². The summed E-state index contributed by atoms with van der Waals surface area (Å²) in [6.07, 6.45) is 1.29. The van der Waals surface area contributed by atoms with Gasteiger partial charge in [-0.25, -0.2) is 14.8 Å². The third kappa shape index (κ3) is 4.79. The highest BCUT2D eigenvalue weighted by Gasteiger charge is 2.30. The van der Waals surface area contributed by atoms with E-state index in [-0.39, 0.29) is 12.1 Å². The Kier molecular flexibility index (Phi) is 5.41. The molecule has 1 fully saturated rings. The number of hydrogen-bond acceptors (Lipinski definition) is 6. The number of carbonyl (C=O) groups is 1. The minimum absolute atomic E-state index is 0.154. The zero-order valence-corrected chi connectivity index (χ0v) is 14.6. The van der Waals surface area contributed by atoms with Gasteiger partial charge in [0.15, 0.2) is 0 Å². The van der Waals surface area contributed by atoms with Gasteiger partial charge in [-0.3, -0.25) is 0 Å². The Bertz CT molecular complexity index is 544. The minimum Gasteiger partial charge on any atom is -0.444 e. The lowest BCUT2D eigenvalue weighted by atomic mass is 10.2. The van der Waals surface area contributed by atoms with E-state index in [1.165, 1.54) is 0 Å². The first kappa shape index (κ1) is 17.5. The van der Waals surface area contributed by atoms with E-state index >= 15 is 0 Å². The number of amides is 1. The number of anilines is 1. The van der Waals surface area contributed by atoms with Crippen molar-refractivity contribution in [1.29, 1.82) is 0 Å². The lowest BCUT2D eigenvalue weighted by Crippen LogP contribution is -2.54. The van der Waals surface area contributed by atoms with Crippen LogP contribution in [-0.2, 0) is 16.1 Å². The van der Waals surface area contributed by atoms with Crippen LogP contribution in [0.4, 0.5) is 10.6 Å². The fraction of sp³-hybridized carbons (Fsp3) is 0.688. The molecule has 1 amide bonds. The summed E-state index contributed by atoms with van der Waals surface area (Å²) < 4.78 is 10.6. The zero-order chi connectivity index (χ0) is 17.0. The maximum absolute atomic E-state index is 12.2. The van der Waals surface area contributed by atoms with Crippen molar-refractivity contribution in [2.45, 2.75) is 45.9 Å². The van der Waals surface area contributed by atoms with Crippen molar-refractivity contribution in [1.82, 2.24) is 14.9 Å². The van der Waals surface area contributed by atoms with Gasteiger partial charge in [-0.15, -0.1) is 0 Å². The van der Waals surface area contributed by atoms with Crippen LogP contribution in [0.5, 0.6) is 0 Å². The Hall–Kier alpha value is -1.89. The highest BCUT2D eigenvalue weighted by Crippen LogP contribution is 2.20. The largest absolute Gasteiger partial charge is 0.444 e. The first-order chi connectivity index (χ1) is 10.8. The molecule has 2 heterocycles. The first-order valence-corrected chi connectivity index (χ1v) is 7.84. The molecule has 2 rings (SSSR count). The smallest absolute Gasteiger partial charge is 0.410 e. The normalized spacial score (nSPS) is 18.9. The monoisotopic (exact) mass is 322 g/mol. The number of ether oxygens (including phenoxy) is 2. The predicted molar refractivity (Wildman–Crippen MR) is 87.4 cm³/mol. The number of piperazine rings is 1. The Balaban J connectivity index is 2.01. The summed E-state index contributed by atoms with van der Waals surface area (Å²) in [6.45, 7) is 10.1. The van der Waals surface area contributed by atoms with Crippen molar-refractivity contribution >= 4 is 11.9 Å². The van der Waals surface area contributed by atoms with Crippen LogP contribution in [0.1, 0.15) is 33.4 Å². The van der Waals surface area contributed by atoms with Crippen molar-refractivity contribution in [3.63, 3.8) is 0 Å². The Morgan fingerprint density at radius 2 is 2.09 bits per heavy atom. The maximum Gasteiger partial charge on any atom is 0.410 e. The molecule has 0 radical (unpaired) electrons. The summed E-state index contributed by atoms with van der Waals surface area (Å²) in [5.74, 6) is 0.864. The van der Waals surface area contributed by atoms with Crippen LogP contribution in [0.2, 0.25) is 0 Å². The van der Waals surface area contributed by atoms with E-state index in [2.05, 4.69) is 21.8 Å². The molecule has 1 aliphatic rings. The van der Waals surface area contributed by atoms with E-state index in [9.17, 15) is 4.79 Å². The minimum atomic E-state index is -0.473. The molecule has 0 bridgehead atoms. The van der Waals surface area contributed by atoms with Gasteiger partial charge in [0.2, 0.25) is 0 Å². The van der Waals surface area contributed by atoms with E-state index in [0.717, 1.165) is 11.5 Å². The quantitative estimate of drug-likeness (QED) is 0.848. The molecule has 0 aliphatic carbocycles. The molecule has 0 saturated carbocycles. The third-order valence-corrected chi connectivity index (χ3v) is 3.57. The van der Waals surface area contributed by atoms with E-state index in [1.54, 1.807) is 18.3 Å². The summed E-state index contributed by atoms with van der Waals surface area (Å²) in [5, 5.41) is 0. The molecule has 7 nitrogen and oxygen atoms in total. The number of nitrogens with zero attached hydrogens (tertiary/aromatic N) is 4. The SMILES string of the molecule is COCc1cc(N2CCN(C(=O)OC(C)(C)C)C[C@H]2C)ncn1. The number of methoxy groups -OCH3 is 1. The van der Waals surface area contributed by atoms with Gasteiger partial charge in [-0.05, 0) is 27.7 Å². The van der Waals surface area contributed by atoms with Gasteiger partial charge in [-0.2, -0.15) is 0 Å². The van der Waals surface area contributed by atoms with Crippen molar-refractivity contribution in [2.24, 2.45) is 0 Å². The fourth-order valence-corrected chi connectivity index (χ4v) is 2.56. The molecule has 0 unspecified atom stereocenters. The van der Waals surface area contributed by atoms with Crippen molar-refractivity contribution < 1.29 is 14.3 Å². The van der Waals surface area contributed by atoms with Crippen molar-refractivity contribution in [3.8, 4) is 0 Å². The Labute approximate surface area is 137 Å². The van der Waals surface area contributed by atoms with Gasteiger partial charge in [0, 0.05) is 38.9 Å². The van der Waals surface area contributed by atoms with Crippen LogP contribution in [0, 0.1) is 0 Å². The van der Waals surface area contributed by atoms with Gasteiger partial charge < -0.3 is 19.3 Å². The highest BCUT2D eigenvalue weighted by molar-refractivity contribution is 5.68. The van der Waals surface area contributed by atoms with Crippen LogP contribution < -0.4 is 4.90 Å². The molecule has 0 aromatic carbocycles. The van der Waals surface area contributed by atoms with Crippen LogP contribution in [0.15, 0.2) is 12.4 Å². The molecule has 1 aromatic heterocycles. The van der Waals surface area contributed by atoms with Gasteiger partial charge in [-0.1, -0.05) is 0 Å². The molecule has 23 heavy (non-hydrogen) atoms. The molecule has 1 aromatic rings. The first-order valence-electron chi connectivity index (χ1n) is 7.84. The summed E-state index contributed by atoms with van der Waals surface area (Å²) in [7, 11) is 1.64. The number of aromatic nitrogens is 2. The van der Waals surface area contributed by atoms with E-state index in [1.807, 2.05) is 26.8 Å². The molecule has 1 aliphatic heterocycles. The molecular weight excluding hydrogens is 296 g/mol. The lowest BCUT2D eigenvalue weighted by molar-refractivity contribution is 0.0218. The van der Waals surface area contributed by atoms with E-state index < -0.39 is 5.60 Å². The standard InChI is InChI=1S/C16H26N4O3/c1-12-9-19(15(21)23-16(2,3)4)6-7-20(12)14-8-13(10-22-5)17-11-18-14/h8,11-12H,6-7,9-10H2,1-5H3/t12-/m1/s1. The molecular formula is C16H26N4O3. The summed E-state index contributed by atoms with van der Waals surface area (Å²) in [6, 6.07) is 2.09. The molecule has 7 heteroatoms. The topological polar surface area (TPSA) is 67.8 Å². The molecule has 0 spiro atoms. The second kappa shape index (κ2) is 7.12. The van der Waals surface area contributed by atoms with Crippen LogP contribution in [-0.4, -0.2) is 59.3 Å². The van der Waals surface area contributed by atoms with Crippen LogP contribution >= 0.6 is 0 Å². The fourth-order valence-electron chi connectivity index (χ4n) is 2.56. The number of hydrogen-bond donors (Lipinski definition) is 0. The lowest BCUT2D eigenvalue weighted by Gasteiger charge is -2.40. The molecule has 0 N–H and O–H groups in total. The summed E-state index contributed by atoms with van der Waals surface area (Å²) in [4.78, 5) is 24.7. The molecule has 128 valence electrons. The molecule has 1 atom stereocenters. The van der Waals surface area contributed by atoms with Crippen LogP contribution in [0.25, 0.3) is 0 Å². The highest BCUT2D eigenvalue weighted by atomic mass is 16.6. The van der Waals surface area contributed by atoms with E-state index in [4.69, 9.17) is 9.47 Å². The Morgan fingerprint density at radius 3 is 2.70 bits per heavy atom. The second-order valence-electron chi connectivity index (χ2n) is 6.77. The van der Waals surface area contributed by atoms with Gasteiger partial charge in [0.25, 0.3) is 0 Å². The predicted octanol–water partition coefficient (Wildman–Crippen LogP) is 2.07. The second-order valence-corrected chi connectivity index (χ2v) is 6.77. The number of carbonyl (C=O) groups excluding carboxylic acids is 1.